The van der Waals surface area contributed by atoms with E-state index < -0.39 is 34.3 Å². The Morgan fingerprint density at radius 2 is 2.03 bits per heavy atom. The molecule has 0 unspecified atom stereocenters. The minimum Gasteiger partial charge on any atom is -0.507 e. The average molecular weight is 424 g/mol. The largest absolute Gasteiger partial charge is 0.507 e. The molecule has 0 bridgehead atoms. The topological polar surface area (TPSA) is 144 Å². The summed E-state index contributed by atoms with van der Waals surface area (Å²) in [5.74, 6) is -2.63. The second-order valence-corrected chi connectivity index (χ2v) is 7.95. The summed E-state index contributed by atoms with van der Waals surface area (Å²) in [6.07, 6.45) is -1.57. The number of aromatic hydroxyl groups is 1. The molecule has 1 heterocycles. The Hall–Kier alpha value is -2.56. The predicted octanol–water partition coefficient (Wildman–Crippen LogP) is 0.359. The molecule has 0 amide bonds. The third-order valence-electron chi connectivity index (χ3n) is 4.84. The lowest BCUT2D eigenvalue weighted by atomic mass is 10.0. The maximum Gasteiger partial charge on any atom is 0.347 e. The molecule has 0 aliphatic heterocycles. The Kier molecular flexibility index (Phi) is 5.61. The van der Waals surface area contributed by atoms with E-state index in [-0.39, 0.29) is 40.2 Å². The van der Waals surface area contributed by atoms with E-state index in [0.29, 0.717) is 5.56 Å². The highest BCUT2D eigenvalue weighted by molar-refractivity contribution is 8.00. The molecule has 9 nitrogen and oxygen atoms in total. The fourth-order valence-corrected chi connectivity index (χ4v) is 4.69. The number of phenolic OH excluding ortho intramolecular Hbond substituents is 1. The first-order valence-electron chi connectivity index (χ1n) is 8.63. The number of esters is 2. The van der Waals surface area contributed by atoms with Crippen molar-refractivity contribution in [3.8, 4) is 5.75 Å². The fourth-order valence-electron chi connectivity index (χ4n) is 3.41. The highest BCUT2D eigenvalue weighted by Gasteiger charge is 2.56. The number of phenols is 1. The van der Waals surface area contributed by atoms with E-state index in [1.54, 1.807) is 6.92 Å². The second kappa shape index (κ2) is 7.69. The van der Waals surface area contributed by atoms with Gasteiger partial charge in [-0.25, -0.2) is 9.59 Å². The van der Waals surface area contributed by atoms with Gasteiger partial charge in [-0.2, -0.15) is 11.8 Å². The highest BCUT2D eigenvalue weighted by Crippen LogP contribution is 2.45. The van der Waals surface area contributed by atoms with Crippen LogP contribution < -0.4 is 5.43 Å². The highest BCUT2D eigenvalue weighted by atomic mass is 32.2. The molecule has 1 aliphatic carbocycles. The molecular weight excluding hydrogens is 404 g/mol. The van der Waals surface area contributed by atoms with Crippen molar-refractivity contribution in [3.05, 3.63) is 39.2 Å². The third kappa shape index (κ3) is 3.37. The standard InChI is InChI=1S/C19H20O9S/c1-8-4-10(20)14-12(5-8)28-16-9(15(14)22)6-13(19(16,25)18(24)27-3)29-7-11(21)17(23)26-2/h4-5,11,13,20-21,25H,6-7H2,1-3H3/t11-,13+,19-/m0/s1. The first-order valence-corrected chi connectivity index (χ1v) is 9.68. The number of ether oxygens (including phenoxy) is 2. The Morgan fingerprint density at radius 1 is 1.34 bits per heavy atom. The lowest BCUT2D eigenvalue weighted by Crippen LogP contribution is -2.43. The molecule has 2 aromatic rings. The maximum atomic E-state index is 13.0. The second-order valence-electron chi connectivity index (χ2n) is 6.72. The average Bonchev–Trinajstić information content (AvgIpc) is 2.97. The number of aryl methyl sites for hydroxylation is 1. The number of carbonyl (C=O) groups excluding carboxylic acids is 2. The zero-order valence-corrected chi connectivity index (χ0v) is 16.7. The van der Waals surface area contributed by atoms with E-state index >= 15 is 0 Å². The van der Waals surface area contributed by atoms with Crippen molar-refractivity contribution in [1.29, 1.82) is 0 Å². The quantitative estimate of drug-likeness (QED) is 0.576. The van der Waals surface area contributed by atoms with Crippen LogP contribution in [0.3, 0.4) is 0 Å². The van der Waals surface area contributed by atoms with Crippen LogP contribution in [0.5, 0.6) is 5.75 Å². The van der Waals surface area contributed by atoms with Gasteiger partial charge in [0.2, 0.25) is 5.60 Å². The number of thioether (sulfide) groups is 1. The summed E-state index contributed by atoms with van der Waals surface area (Å²) < 4.78 is 14.9. The van der Waals surface area contributed by atoms with Crippen molar-refractivity contribution in [3.63, 3.8) is 0 Å². The van der Waals surface area contributed by atoms with E-state index in [9.17, 15) is 29.7 Å². The number of carbonyl (C=O) groups is 2. The molecule has 0 fully saturated rings. The van der Waals surface area contributed by atoms with Gasteiger partial charge in [0.1, 0.15) is 16.7 Å². The molecule has 1 aromatic carbocycles. The van der Waals surface area contributed by atoms with E-state index in [4.69, 9.17) is 9.15 Å². The van der Waals surface area contributed by atoms with Crippen LogP contribution in [-0.4, -0.2) is 58.6 Å². The molecule has 3 N–H and O–H groups in total. The van der Waals surface area contributed by atoms with Gasteiger partial charge in [0.15, 0.2) is 17.3 Å². The number of fused-ring (bicyclic) bond motifs is 2. The Labute approximate surface area is 169 Å². The maximum absolute atomic E-state index is 13.0. The Morgan fingerprint density at radius 3 is 2.66 bits per heavy atom. The van der Waals surface area contributed by atoms with Crippen molar-refractivity contribution in [1.82, 2.24) is 0 Å². The van der Waals surface area contributed by atoms with Gasteiger partial charge in [0.25, 0.3) is 0 Å². The van der Waals surface area contributed by atoms with Gasteiger partial charge in [0, 0.05) is 11.3 Å². The van der Waals surface area contributed by atoms with Crippen LogP contribution in [-0.2, 0) is 31.1 Å². The van der Waals surface area contributed by atoms with Crippen molar-refractivity contribution in [2.24, 2.45) is 0 Å². The van der Waals surface area contributed by atoms with Gasteiger partial charge >= 0.3 is 11.9 Å². The van der Waals surface area contributed by atoms with Crippen LogP contribution in [0.15, 0.2) is 21.3 Å². The van der Waals surface area contributed by atoms with Crippen LogP contribution in [0.2, 0.25) is 0 Å². The Balaban J connectivity index is 2.11. The van der Waals surface area contributed by atoms with Crippen LogP contribution in [0, 0.1) is 6.92 Å². The normalized spacial score (nSPS) is 21.6. The van der Waals surface area contributed by atoms with Gasteiger partial charge in [-0.3, -0.25) is 4.79 Å². The summed E-state index contributed by atoms with van der Waals surface area (Å²) in [6, 6.07) is 2.92. The smallest absolute Gasteiger partial charge is 0.347 e. The molecule has 0 radical (unpaired) electrons. The predicted molar refractivity (Wildman–Crippen MR) is 103 cm³/mol. The summed E-state index contributed by atoms with van der Waals surface area (Å²) in [4.78, 5) is 36.9. The van der Waals surface area contributed by atoms with Crippen LogP contribution in [0.25, 0.3) is 11.0 Å². The van der Waals surface area contributed by atoms with Crippen molar-refractivity contribution >= 4 is 34.7 Å². The van der Waals surface area contributed by atoms with Gasteiger partial charge < -0.3 is 29.2 Å². The van der Waals surface area contributed by atoms with E-state index in [0.717, 1.165) is 26.0 Å². The molecule has 3 rings (SSSR count). The third-order valence-corrected chi connectivity index (χ3v) is 6.26. The molecule has 29 heavy (non-hydrogen) atoms. The Bertz CT molecular complexity index is 1040. The number of methoxy groups -OCH3 is 2. The summed E-state index contributed by atoms with van der Waals surface area (Å²) in [7, 11) is 2.20. The van der Waals surface area contributed by atoms with Crippen molar-refractivity contribution in [2.75, 3.05) is 20.0 Å². The molecular formula is C19H20O9S. The number of hydrogen-bond acceptors (Lipinski definition) is 10. The monoisotopic (exact) mass is 424 g/mol. The van der Waals surface area contributed by atoms with Crippen LogP contribution in [0.1, 0.15) is 16.9 Å². The number of aliphatic hydroxyl groups is 2. The SMILES string of the molecule is COC(=O)[C@@H](O)CS[C@@H]1Cc2c(oc3cc(C)cc(O)c3c2=O)[C@]1(O)C(=O)OC. The molecule has 0 spiro atoms. The van der Waals surface area contributed by atoms with Gasteiger partial charge in [-0.15, -0.1) is 0 Å². The lowest BCUT2D eigenvalue weighted by Gasteiger charge is -2.26. The molecule has 10 heteroatoms. The van der Waals surface area contributed by atoms with Gasteiger partial charge in [0.05, 0.1) is 19.5 Å². The minimum absolute atomic E-state index is 0.0221. The zero-order chi connectivity index (χ0) is 21.5. The summed E-state index contributed by atoms with van der Waals surface area (Å²) in [5, 5.41) is 30.2. The lowest BCUT2D eigenvalue weighted by molar-refractivity contribution is -0.164. The molecule has 1 aliphatic rings. The van der Waals surface area contributed by atoms with Gasteiger partial charge in [-0.1, -0.05) is 0 Å². The fraction of sp³-hybridized carbons (Fsp3) is 0.421. The summed E-state index contributed by atoms with van der Waals surface area (Å²) >= 11 is 0.903. The van der Waals surface area contributed by atoms with E-state index in [1.807, 2.05) is 0 Å². The summed E-state index contributed by atoms with van der Waals surface area (Å²) in [5.41, 5.74) is -2.22. The van der Waals surface area contributed by atoms with E-state index in [2.05, 4.69) is 4.74 Å². The van der Waals surface area contributed by atoms with Crippen molar-refractivity contribution in [2.45, 2.75) is 30.3 Å². The first-order chi connectivity index (χ1) is 13.6. The summed E-state index contributed by atoms with van der Waals surface area (Å²) in [6.45, 7) is 1.69. The number of rotatable bonds is 5. The molecule has 0 saturated heterocycles. The molecule has 1 aromatic heterocycles. The number of aliphatic hydroxyl groups excluding tert-OH is 1. The van der Waals surface area contributed by atoms with Crippen molar-refractivity contribution < 1.29 is 38.8 Å². The van der Waals surface area contributed by atoms with E-state index in [1.165, 1.54) is 12.1 Å². The number of hydrogen-bond donors (Lipinski definition) is 3. The molecule has 156 valence electrons. The minimum atomic E-state index is -2.31. The van der Waals surface area contributed by atoms with Crippen LogP contribution in [0.4, 0.5) is 0 Å². The van der Waals surface area contributed by atoms with Gasteiger partial charge in [-0.05, 0) is 31.0 Å². The first kappa shape index (κ1) is 21.2. The molecule has 3 atom stereocenters. The zero-order valence-electron chi connectivity index (χ0n) is 15.9. The van der Waals surface area contributed by atoms with Crippen LogP contribution >= 0.6 is 11.8 Å². The number of benzene rings is 1. The molecule has 0 saturated carbocycles.